The largest absolute Gasteiger partial charge is 0.311 e. The Kier molecular flexibility index (Phi) is 4.19. The van der Waals surface area contributed by atoms with Gasteiger partial charge in [0.25, 0.3) is 0 Å². The molecule has 1 N–H and O–H groups in total. The SMILES string of the molecule is CCc1ccc(CC2C(C)NCCN2C)cc1. The summed E-state index contributed by atoms with van der Waals surface area (Å²) in [5.74, 6) is 0. The lowest BCUT2D eigenvalue weighted by Gasteiger charge is -2.38. The standard InChI is InChI=1S/C15H24N2/c1-4-13-5-7-14(8-6-13)11-15-12(2)16-9-10-17(15)3/h5-8,12,15-16H,4,9-11H2,1-3H3. The van der Waals surface area contributed by atoms with Crippen LogP contribution in [-0.4, -0.2) is 37.1 Å². The van der Waals surface area contributed by atoms with E-state index in [0.29, 0.717) is 12.1 Å². The molecule has 1 aliphatic heterocycles. The van der Waals surface area contributed by atoms with Crippen molar-refractivity contribution < 1.29 is 0 Å². The van der Waals surface area contributed by atoms with Crippen LogP contribution in [0.2, 0.25) is 0 Å². The molecule has 1 saturated heterocycles. The maximum atomic E-state index is 3.56. The Morgan fingerprint density at radius 1 is 1.24 bits per heavy atom. The van der Waals surface area contributed by atoms with E-state index in [0.717, 1.165) is 25.9 Å². The summed E-state index contributed by atoms with van der Waals surface area (Å²) < 4.78 is 0. The van der Waals surface area contributed by atoms with Crippen LogP contribution in [0, 0.1) is 0 Å². The van der Waals surface area contributed by atoms with Crippen molar-refractivity contribution in [3.8, 4) is 0 Å². The lowest BCUT2D eigenvalue weighted by molar-refractivity contribution is 0.157. The van der Waals surface area contributed by atoms with Gasteiger partial charge >= 0.3 is 0 Å². The van der Waals surface area contributed by atoms with E-state index in [1.54, 1.807) is 0 Å². The summed E-state index contributed by atoms with van der Waals surface area (Å²) in [5.41, 5.74) is 2.88. The minimum absolute atomic E-state index is 0.583. The molecule has 2 nitrogen and oxygen atoms in total. The summed E-state index contributed by atoms with van der Waals surface area (Å²) in [5, 5.41) is 3.56. The third-order valence-corrected chi connectivity index (χ3v) is 3.95. The molecule has 2 unspecified atom stereocenters. The molecule has 2 heteroatoms. The summed E-state index contributed by atoms with van der Waals surface area (Å²) in [6, 6.07) is 10.3. The van der Waals surface area contributed by atoms with Crippen molar-refractivity contribution in [3.63, 3.8) is 0 Å². The maximum Gasteiger partial charge on any atom is 0.0284 e. The number of piperazine rings is 1. The molecule has 1 aliphatic rings. The van der Waals surface area contributed by atoms with Crippen LogP contribution in [0.25, 0.3) is 0 Å². The van der Waals surface area contributed by atoms with Crippen molar-refractivity contribution in [1.82, 2.24) is 10.2 Å². The van der Waals surface area contributed by atoms with Crippen LogP contribution in [0.4, 0.5) is 0 Å². The second kappa shape index (κ2) is 5.65. The lowest BCUT2D eigenvalue weighted by Crippen LogP contribution is -2.55. The quantitative estimate of drug-likeness (QED) is 0.858. The molecule has 2 atom stereocenters. The van der Waals surface area contributed by atoms with Gasteiger partial charge in [-0.05, 0) is 37.9 Å². The van der Waals surface area contributed by atoms with E-state index in [1.807, 2.05) is 0 Å². The van der Waals surface area contributed by atoms with Gasteiger partial charge < -0.3 is 10.2 Å². The lowest BCUT2D eigenvalue weighted by atomic mass is 9.96. The Morgan fingerprint density at radius 2 is 1.88 bits per heavy atom. The van der Waals surface area contributed by atoms with Gasteiger partial charge in [-0.25, -0.2) is 0 Å². The first-order valence-electron chi connectivity index (χ1n) is 6.72. The fraction of sp³-hybridized carbons (Fsp3) is 0.600. The highest BCUT2D eigenvalue weighted by molar-refractivity contribution is 5.23. The summed E-state index contributed by atoms with van der Waals surface area (Å²) in [4.78, 5) is 2.48. The fourth-order valence-corrected chi connectivity index (χ4v) is 2.64. The van der Waals surface area contributed by atoms with E-state index in [2.05, 4.69) is 55.4 Å². The van der Waals surface area contributed by atoms with Crippen LogP contribution in [0.15, 0.2) is 24.3 Å². The molecule has 1 fully saturated rings. The van der Waals surface area contributed by atoms with Crippen molar-refractivity contribution in [3.05, 3.63) is 35.4 Å². The Balaban J connectivity index is 2.03. The molecule has 0 spiro atoms. The molecule has 0 aliphatic carbocycles. The first-order valence-corrected chi connectivity index (χ1v) is 6.72. The van der Waals surface area contributed by atoms with Gasteiger partial charge in [0.05, 0.1) is 0 Å². The Labute approximate surface area is 105 Å². The Morgan fingerprint density at radius 3 is 2.47 bits per heavy atom. The molecular weight excluding hydrogens is 208 g/mol. The van der Waals surface area contributed by atoms with E-state index in [1.165, 1.54) is 11.1 Å². The van der Waals surface area contributed by atoms with Gasteiger partial charge in [0.1, 0.15) is 0 Å². The van der Waals surface area contributed by atoms with Gasteiger partial charge in [-0.3, -0.25) is 0 Å². The molecular formula is C15H24N2. The molecule has 0 amide bonds. The minimum Gasteiger partial charge on any atom is -0.311 e. The molecule has 1 aromatic carbocycles. The average molecular weight is 232 g/mol. The number of hydrogen-bond acceptors (Lipinski definition) is 2. The normalized spacial score (nSPS) is 26.1. The number of benzene rings is 1. The predicted octanol–water partition coefficient (Wildman–Crippen LogP) is 2.08. The summed E-state index contributed by atoms with van der Waals surface area (Å²) in [6.07, 6.45) is 2.27. The maximum absolute atomic E-state index is 3.56. The number of nitrogens with zero attached hydrogens (tertiary/aromatic N) is 1. The number of nitrogens with one attached hydrogen (secondary N) is 1. The van der Waals surface area contributed by atoms with Gasteiger partial charge in [-0.15, -0.1) is 0 Å². The topological polar surface area (TPSA) is 15.3 Å². The Bertz CT molecular complexity index is 334. The van der Waals surface area contributed by atoms with E-state index in [-0.39, 0.29) is 0 Å². The van der Waals surface area contributed by atoms with E-state index >= 15 is 0 Å². The summed E-state index contributed by atoms with van der Waals surface area (Å²) in [7, 11) is 2.24. The predicted molar refractivity (Wildman–Crippen MR) is 73.4 cm³/mol. The van der Waals surface area contributed by atoms with Gasteiger partial charge in [-0.1, -0.05) is 31.2 Å². The number of aryl methyl sites for hydroxylation is 1. The number of rotatable bonds is 3. The number of hydrogen-bond donors (Lipinski definition) is 1. The summed E-state index contributed by atoms with van der Waals surface area (Å²) >= 11 is 0. The molecule has 0 aromatic heterocycles. The van der Waals surface area contributed by atoms with Crippen molar-refractivity contribution in [2.24, 2.45) is 0 Å². The highest BCUT2D eigenvalue weighted by Gasteiger charge is 2.25. The van der Waals surface area contributed by atoms with Crippen molar-refractivity contribution in [1.29, 1.82) is 0 Å². The van der Waals surface area contributed by atoms with Crippen LogP contribution < -0.4 is 5.32 Å². The van der Waals surface area contributed by atoms with Gasteiger partial charge in [0, 0.05) is 25.2 Å². The van der Waals surface area contributed by atoms with Crippen molar-refractivity contribution in [2.75, 3.05) is 20.1 Å². The zero-order valence-corrected chi connectivity index (χ0v) is 11.2. The van der Waals surface area contributed by atoms with E-state index < -0.39 is 0 Å². The first-order chi connectivity index (χ1) is 8.20. The van der Waals surface area contributed by atoms with Crippen LogP contribution in [0.3, 0.4) is 0 Å². The Hall–Kier alpha value is -0.860. The minimum atomic E-state index is 0.583. The third kappa shape index (κ3) is 3.08. The molecule has 94 valence electrons. The molecule has 1 aromatic rings. The van der Waals surface area contributed by atoms with Crippen molar-refractivity contribution in [2.45, 2.75) is 38.8 Å². The molecule has 0 saturated carbocycles. The monoisotopic (exact) mass is 232 g/mol. The van der Waals surface area contributed by atoms with Crippen LogP contribution in [0.5, 0.6) is 0 Å². The first kappa shape index (κ1) is 12.6. The van der Waals surface area contributed by atoms with Crippen LogP contribution >= 0.6 is 0 Å². The fourth-order valence-electron chi connectivity index (χ4n) is 2.64. The molecule has 0 radical (unpaired) electrons. The van der Waals surface area contributed by atoms with Gasteiger partial charge in [0.2, 0.25) is 0 Å². The van der Waals surface area contributed by atoms with E-state index in [9.17, 15) is 0 Å². The second-order valence-electron chi connectivity index (χ2n) is 5.16. The second-order valence-corrected chi connectivity index (χ2v) is 5.16. The molecule has 0 bridgehead atoms. The highest BCUT2D eigenvalue weighted by atomic mass is 15.2. The average Bonchev–Trinajstić information content (AvgIpc) is 2.35. The molecule has 2 rings (SSSR count). The van der Waals surface area contributed by atoms with Gasteiger partial charge in [-0.2, -0.15) is 0 Å². The molecule has 1 heterocycles. The summed E-state index contributed by atoms with van der Waals surface area (Å²) in [6.45, 7) is 6.77. The third-order valence-electron chi connectivity index (χ3n) is 3.95. The van der Waals surface area contributed by atoms with Crippen molar-refractivity contribution >= 4 is 0 Å². The number of likely N-dealkylation sites (N-methyl/N-ethyl adjacent to an activating group) is 1. The zero-order valence-electron chi connectivity index (χ0n) is 11.2. The van der Waals surface area contributed by atoms with E-state index in [4.69, 9.17) is 0 Å². The molecule has 17 heavy (non-hydrogen) atoms. The highest BCUT2D eigenvalue weighted by Crippen LogP contribution is 2.14. The van der Waals surface area contributed by atoms with Gasteiger partial charge in [0.15, 0.2) is 0 Å². The smallest absolute Gasteiger partial charge is 0.0284 e. The zero-order chi connectivity index (χ0) is 12.3. The van der Waals surface area contributed by atoms with Crippen LogP contribution in [-0.2, 0) is 12.8 Å². The van der Waals surface area contributed by atoms with Crippen LogP contribution in [0.1, 0.15) is 25.0 Å².